The van der Waals surface area contributed by atoms with E-state index in [0.717, 1.165) is 24.9 Å². The van der Waals surface area contributed by atoms with Crippen molar-refractivity contribution < 1.29 is 14.1 Å². The molecule has 0 radical (unpaired) electrons. The molecule has 2 fully saturated rings. The van der Waals surface area contributed by atoms with E-state index in [2.05, 4.69) is 5.16 Å². The fraction of sp³-hybridized carbons (Fsp3) is 0.421. The van der Waals surface area contributed by atoms with Gasteiger partial charge in [-0.1, -0.05) is 23.4 Å². The lowest BCUT2D eigenvalue weighted by atomic mass is 9.78. The van der Waals surface area contributed by atoms with Crippen LogP contribution in [0.4, 0.5) is 5.69 Å². The molecular formula is C19H21N3O3. The average molecular weight is 339 g/mol. The lowest BCUT2D eigenvalue weighted by Crippen LogP contribution is -2.50. The number of carbonyl (C=O) groups is 2. The van der Waals surface area contributed by atoms with Gasteiger partial charge in [-0.3, -0.25) is 9.59 Å². The summed E-state index contributed by atoms with van der Waals surface area (Å²) in [6.45, 7) is 3.61. The Bertz CT molecular complexity index is 801. The summed E-state index contributed by atoms with van der Waals surface area (Å²) >= 11 is 0. The maximum Gasteiger partial charge on any atom is 0.259 e. The molecular weight excluding hydrogens is 318 g/mol. The molecule has 2 aliphatic heterocycles. The third-order valence-electron chi connectivity index (χ3n) is 5.43. The molecule has 0 saturated carbocycles. The molecule has 2 aliphatic rings. The molecule has 6 nitrogen and oxygen atoms in total. The van der Waals surface area contributed by atoms with Crippen LogP contribution >= 0.6 is 0 Å². The van der Waals surface area contributed by atoms with Gasteiger partial charge >= 0.3 is 0 Å². The smallest absolute Gasteiger partial charge is 0.259 e. The van der Waals surface area contributed by atoms with Crippen LogP contribution in [0.2, 0.25) is 0 Å². The fourth-order valence-corrected chi connectivity index (χ4v) is 4.03. The van der Waals surface area contributed by atoms with Crippen molar-refractivity contribution in [2.24, 2.45) is 5.41 Å². The maximum atomic E-state index is 13.2. The van der Waals surface area contributed by atoms with Crippen LogP contribution in [-0.2, 0) is 4.79 Å². The molecule has 2 saturated heterocycles. The van der Waals surface area contributed by atoms with E-state index in [1.807, 2.05) is 35.2 Å². The Morgan fingerprint density at radius 1 is 1.20 bits per heavy atom. The molecule has 3 heterocycles. The van der Waals surface area contributed by atoms with Crippen molar-refractivity contribution in [2.75, 3.05) is 24.5 Å². The molecule has 130 valence electrons. The zero-order valence-corrected chi connectivity index (χ0v) is 14.3. The van der Waals surface area contributed by atoms with E-state index in [9.17, 15) is 9.59 Å². The summed E-state index contributed by atoms with van der Waals surface area (Å²) < 4.78 is 4.90. The van der Waals surface area contributed by atoms with Crippen molar-refractivity contribution in [3.8, 4) is 0 Å². The molecule has 2 aromatic rings. The van der Waals surface area contributed by atoms with Crippen molar-refractivity contribution >= 4 is 17.5 Å². The fourth-order valence-electron chi connectivity index (χ4n) is 4.03. The Morgan fingerprint density at radius 3 is 2.72 bits per heavy atom. The lowest BCUT2D eigenvalue weighted by molar-refractivity contribution is -0.127. The Kier molecular flexibility index (Phi) is 3.82. The zero-order valence-electron chi connectivity index (χ0n) is 14.3. The van der Waals surface area contributed by atoms with Crippen molar-refractivity contribution in [3.05, 3.63) is 47.9 Å². The minimum absolute atomic E-state index is 0.0937. The average Bonchev–Trinajstić information content (AvgIpc) is 3.20. The van der Waals surface area contributed by atoms with Gasteiger partial charge in [-0.25, -0.2) is 0 Å². The number of benzene rings is 1. The van der Waals surface area contributed by atoms with Crippen molar-refractivity contribution in [1.82, 2.24) is 10.1 Å². The first kappa shape index (κ1) is 15.9. The predicted octanol–water partition coefficient (Wildman–Crippen LogP) is 2.64. The molecule has 0 aliphatic carbocycles. The number of hydrogen-bond acceptors (Lipinski definition) is 4. The number of aryl methyl sites for hydroxylation is 1. The predicted molar refractivity (Wildman–Crippen MR) is 92.2 cm³/mol. The number of aromatic nitrogens is 1. The number of piperidine rings is 1. The molecule has 0 bridgehead atoms. The molecule has 1 atom stereocenters. The number of likely N-dealkylation sites (tertiary alicyclic amines) is 1. The molecule has 0 N–H and O–H groups in total. The summed E-state index contributed by atoms with van der Waals surface area (Å²) in [7, 11) is 0. The van der Waals surface area contributed by atoms with Crippen LogP contribution in [0.1, 0.15) is 35.3 Å². The van der Waals surface area contributed by atoms with E-state index in [1.165, 1.54) is 6.26 Å². The number of carbonyl (C=O) groups excluding carboxylic acids is 2. The van der Waals surface area contributed by atoms with Crippen molar-refractivity contribution in [3.63, 3.8) is 0 Å². The first-order chi connectivity index (χ1) is 12.1. The van der Waals surface area contributed by atoms with Gasteiger partial charge in [-0.15, -0.1) is 0 Å². The third kappa shape index (κ3) is 2.62. The Balaban J connectivity index is 1.56. The molecule has 1 spiro atoms. The second-order valence-corrected chi connectivity index (χ2v) is 6.97. The third-order valence-corrected chi connectivity index (χ3v) is 5.43. The minimum Gasteiger partial charge on any atom is -0.364 e. The highest BCUT2D eigenvalue weighted by Crippen LogP contribution is 2.42. The highest BCUT2D eigenvalue weighted by atomic mass is 16.5. The van der Waals surface area contributed by atoms with Gasteiger partial charge < -0.3 is 14.3 Å². The molecule has 1 aromatic carbocycles. The van der Waals surface area contributed by atoms with Gasteiger partial charge in [0.25, 0.3) is 5.91 Å². The molecule has 4 rings (SSSR count). The topological polar surface area (TPSA) is 66.7 Å². The van der Waals surface area contributed by atoms with Crippen molar-refractivity contribution in [1.29, 1.82) is 0 Å². The van der Waals surface area contributed by atoms with Gasteiger partial charge in [-0.05, 0) is 38.3 Å². The second kappa shape index (κ2) is 6.02. The molecule has 1 aromatic heterocycles. The van der Waals surface area contributed by atoms with E-state index >= 15 is 0 Å². The molecule has 2 amide bonds. The molecule has 0 unspecified atom stereocenters. The van der Waals surface area contributed by atoms with Crippen molar-refractivity contribution in [2.45, 2.75) is 26.2 Å². The van der Waals surface area contributed by atoms with Gasteiger partial charge in [-0.2, -0.15) is 0 Å². The SMILES string of the molecule is Cc1nocc1C(=O)N1CCC[C@@]2(CCN(c3ccccc3)C2=O)C1. The standard InChI is InChI=1S/C19H21N3O3/c1-14-16(12-25-20-14)17(23)21-10-5-8-19(13-21)9-11-22(18(19)24)15-6-3-2-4-7-15/h2-4,6-7,12H,5,8-11,13H2,1H3/t19-/m1/s1. The van der Waals surface area contributed by atoms with E-state index in [1.54, 1.807) is 11.8 Å². The second-order valence-electron chi connectivity index (χ2n) is 6.97. The van der Waals surface area contributed by atoms with E-state index in [0.29, 0.717) is 30.9 Å². The van der Waals surface area contributed by atoms with Crippen LogP contribution in [0.3, 0.4) is 0 Å². The summed E-state index contributed by atoms with van der Waals surface area (Å²) in [4.78, 5) is 29.6. The first-order valence-corrected chi connectivity index (χ1v) is 8.68. The van der Waals surface area contributed by atoms with Gasteiger partial charge in [0, 0.05) is 25.3 Å². The summed E-state index contributed by atoms with van der Waals surface area (Å²) in [5.74, 6) is 0.0435. The number of amides is 2. The van der Waals surface area contributed by atoms with Gasteiger partial charge in [0.05, 0.1) is 11.1 Å². The van der Waals surface area contributed by atoms with Crippen LogP contribution in [0.5, 0.6) is 0 Å². The number of rotatable bonds is 2. The van der Waals surface area contributed by atoms with Gasteiger partial charge in [0.2, 0.25) is 5.91 Å². The highest BCUT2D eigenvalue weighted by Gasteiger charge is 2.50. The van der Waals surface area contributed by atoms with Crippen LogP contribution in [-0.4, -0.2) is 41.5 Å². The van der Waals surface area contributed by atoms with Crippen LogP contribution in [0.15, 0.2) is 41.1 Å². The zero-order chi connectivity index (χ0) is 17.4. The van der Waals surface area contributed by atoms with E-state index < -0.39 is 5.41 Å². The van der Waals surface area contributed by atoms with E-state index in [4.69, 9.17) is 4.52 Å². The summed E-state index contributed by atoms with van der Waals surface area (Å²) in [6.07, 6.45) is 3.85. The monoisotopic (exact) mass is 339 g/mol. The summed E-state index contributed by atoms with van der Waals surface area (Å²) in [6, 6.07) is 9.76. The lowest BCUT2D eigenvalue weighted by Gasteiger charge is -2.39. The number of nitrogens with zero attached hydrogens (tertiary/aromatic N) is 3. The summed E-state index contributed by atoms with van der Waals surface area (Å²) in [5, 5.41) is 3.79. The van der Waals surface area contributed by atoms with Crippen LogP contribution in [0.25, 0.3) is 0 Å². The number of anilines is 1. The molecule has 25 heavy (non-hydrogen) atoms. The Hall–Kier alpha value is -2.63. The normalized spacial score (nSPS) is 23.5. The number of hydrogen-bond donors (Lipinski definition) is 0. The van der Waals surface area contributed by atoms with Gasteiger partial charge in [0.15, 0.2) is 0 Å². The first-order valence-electron chi connectivity index (χ1n) is 8.68. The highest BCUT2D eigenvalue weighted by molar-refractivity contribution is 6.01. The Morgan fingerprint density at radius 2 is 2.00 bits per heavy atom. The molecule has 6 heteroatoms. The summed E-state index contributed by atoms with van der Waals surface area (Å²) in [5.41, 5.74) is 1.55. The quantitative estimate of drug-likeness (QED) is 0.844. The minimum atomic E-state index is -0.463. The van der Waals surface area contributed by atoms with Crippen LogP contribution < -0.4 is 4.90 Å². The maximum absolute atomic E-state index is 13.2. The Labute approximate surface area is 146 Å². The van der Waals surface area contributed by atoms with Crippen LogP contribution in [0, 0.1) is 12.3 Å². The van der Waals surface area contributed by atoms with E-state index in [-0.39, 0.29) is 11.8 Å². The number of para-hydroxylation sites is 1. The largest absolute Gasteiger partial charge is 0.364 e. The van der Waals surface area contributed by atoms with Gasteiger partial charge in [0.1, 0.15) is 11.8 Å².